The molecule has 0 aliphatic rings. The van der Waals surface area contributed by atoms with Crippen LogP contribution in [0.5, 0.6) is 0 Å². The Bertz CT molecular complexity index is 154. The zero-order valence-electron chi connectivity index (χ0n) is 7.98. The summed E-state index contributed by atoms with van der Waals surface area (Å²) in [5.41, 5.74) is -0.165. The second-order valence-electron chi connectivity index (χ2n) is 3.43. The average molecular weight is 154 g/mol. The SMILES string of the molecule is C/C=C/CC(C)(C)C(=O)CC. The molecule has 0 saturated carbocycles. The maximum Gasteiger partial charge on any atom is 0.138 e. The lowest BCUT2D eigenvalue weighted by molar-refractivity contribution is -0.126. The second kappa shape index (κ2) is 4.32. The summed E-state index contributed by atoms with van der Waals surface area (Å²) in [6.07, 6.45) is 5.54. The summed E-state index contributed by atoms with van der Waals surface area (Å²) < 4.78 is 0. The van der Waals surface area contributed by atoms with Crippen molar-refractivity contribution >= 4 is 5.78 Å². The van der Waals surface area contributed by atoms with E-state index in [9.17, 15) is 4.79 Å². The lowest BCUT2D eigenvalue weighted by Crippen LogP contribution is -2.22. The van der Waals surface area contributed by atoms with Crippen molar-refractivity contribution in [2.24, 2.45) is 5.41 Å². The maximum atomic E-state index is 11.3. The van der Waals surface area contributed by atoms with E-state index < -0.39 is 0 Å². The third kappa shape index (κ3) is 3.35. The van der Waals surface area contributed by atoms with Crippen LogP contribution >= 0.6 is 0 Å². The van der Waals surface area contributed by atoms with Crippen LogP contribution in [0.3, 0.4) is 0 Å². The van der Waals surface area contributed by atoms with E-state index >= 15 is 0 Å². The number of Topliss-reactive ketones (excluding diaryl/α,β-unsaturated/α-hetero) is 1. The summed E-state index contributed by atoms with van der Waals surface area (Å²) in [4.78, 5) is 11.3. The van der Waals surface area contributed by atoms with Crippen LogP contribution in [0.1, 0.15) is 40.5 Å². The molecule has 0 saturated heterocycles. The van der Waals surface area contributed by atoms with Gasteiger partial charge in [-0.1, -0.05) is 32.9 Å². The molecular formula is C10H18O. The first-order chi connectivity index (χ1) is 5.04. The van der Waals surface area contributed by atoms with Crippen LogP contribution in [0.2, 0.25) is 0 Å². The molecule has 1 heteroatoms. The molecule has 0 aliphatic heterocycles. The largest absolute Gasteiger partial charge is 0.299 e. The van der Waals surface area contributed by atoms with Gasteiger partial charge < -0.3 is 0 Å². The molecule has 0 radical (unpaired) electrons. The Hall–Kier alpha value is -0.590. The van der Waals surface area contributed by atoms with Gasteiger partial charge in [-0.25, -0.2) is 0 Å². The van der Waals surface area contributed by atoms with Gasteiger partial charge in [0.05, 0.1) is 0 Å². The lowest BCUT2D eigenvalue weighted by atomic mass is 9.83. The van der Waals surface area contributed by atoms with Gasteiger partial charge in [-0.05, 0) is 13.3 Å². The van der Waals surface area contributed by atoms with E-state index in [0.29, 0.717) is 12.2 Å². The maximum absolute atomic E-state index is 11.3. The first-order valence-corrected chi connectivity index (χ1v) is 4.19. The predicted octanol–water partition coefficient (Wildman–Crippen LogP) is 2.96. The standard InChI is InChI=1S/C10H18O/c1-5-7-8-10(3,4)9(11)6-2/h5,7H,6,8H2,1-4H3/b7-5+. The number of allylic oxidation sites excluding steroid dienone is 2. The molecule has 0 heterocycles. The molecule has 0 aliphatic carbocycles. The summed E-state index contributed by atoms with van der Waals surface area (Å²) in [5.74, 6) is 0.343. The van der Waals surface area contributed by atoms with Gasteiger partial charge in [-0.2, -0.15) is 0 Å². The van der Waals surface area contributed by atoms with Gasteiger partial charge in [0.15, 0.2) is 0 Å². The van der Waals surface area contributed by atoms with Crippen LogP contribution in [-0.2, 0) is 4.79 Å². The molecule has 0 aromatic carbocycles. The van der Waals surface area contributed by atoms with Crippen LogP contribution in [0.4, 0.5) is 0 Å². The van der Waals surface area contributed by atoms with Crippen molar-refractivity contribution in [1.29, 1.82) is 0 Å². The molecule has 0 unspecified atom stereocenters. The highest BCUT2D eigenvalue weighted by Crippen LogP contribution is 2.23. The van der Waals surface area contributed by atoms with Gasteiger partial charge in [-0.15, -0.1) is 0 Å². The van der Waals surface area contributed by atoms with Gasteiger partial charge in [0.25, 0.3) is 0 Å². The highest BCUT2D eigenvalue weighted by atomic mass is 16.1. The van der Waals surface area contributed by atoms with E-state index in [0.717, 1.165) is 6.42 Å². The highest BCUT2D eigenvalue weighted by Gasteiger charge is 2.23. The molecule has 11 heavy (non-hydrogen) atoms. The normalized spacial score (nSPS) is 12.4. The molecule has 0 spiro atoms. The first kappa shape index (κ1) is 10.4. The number of rotatable bonds is 4. The van der Waals surface area contributed by atoms with Crippen molar-refractivity contribution in [3.8, 4) is 0 Å². The highest BCUT2D eigenvalue weighted by molar-refractivity contribution is 5.83. The van der Waals surface area contributed by atoms with Gasteiger partial charge in [0, 0.05) is 11.8 Å². The number of hydrogen-bond donors (Lipinski definition) is 0. The average Bonchev–Trinajstić information content (AvgIpc) is 1.99. The fourth-order valence-electron chi connectivity index (χ4n) is 1.00. The van der Waals surface area contributed by atoms with E-state index in [1.807, 2.05) is 39.8 Å². The monoisotopic (exact) mass is 154 g/mol. The van der Waals surface area contributed by atoms with Crippen molar-refractivity contribution in [1.82, 2.24) is 0 Å². The van der Waals surface area contributed by atoms with Gasteiger partial charge in [0.2, 0.25) is 0 Å². The fraction of sp³-hybridized carbons (Fsp3) is 0.700. The Labute approximate surface area is 69.5 Å². The van der Waals surface area contributed by atoms with Gasteiger partial charge in [-0.3, -0.25) is 4.79 Å². The molecule has 0 aromatic heterocycles. The Kier molecular flexibility index (Phi) is 4.09. The molecule has 64 valence electrons. The van der Waals surface area contributed by atoms with Gasteiger partial charge >= 0.3 is 0 Å². The van der Waals surface area contributed by atoms with E-state index in [1.54, 1.807) is 0 Å². The summed E-state index contributed by atoms with van der Waals surface area (Å²) >= 11 is 0. The van der Waals surface area contributed by atoms with E-state index in [1.165, 1.54) is 0 Å². The molecule has 0 amide bonds. The molecule has 0 atom stereocenters. The molecule has 0 rings (SSSR count). The Morgan fingerprint density at radius 2 is 2.00 bits per heavy atom. The lowest BCUT2D eigenvalue weighted by Gasteiger charge is -2.19. The van der Waals surface area contributed by atoms with E-state index in [2.05, 4.69) is 0 Å². The van der Waals surface area contributed by atoms with Crippen molar-refractivity contribution in [3.63, 3.8) is 0 Å². The molecule has 1 nitrogen and oxygen atoms in total. The minimum Gasteiger partial charge on any atom is -0.299 e. The van der Waals surface area contributed by atoms with Crippen molar-refractivity contribution < 1.29 is 4.79 Å². The van der Waals surface area contributed by atoms with E-state index in [-0.39, 0.29) is 5.41 Å². The Morgan fingerprint density at radius 1 is 1.45 bits per heavy atom. The molecule has 0 aromatic rings. The summed E-state index contributed by atoms with van der Waals surface area (Å²) in [5, 5.41) is 0. The number of ketones is 1. The number of hydrogen-bond acceptors (Lipinski definition) is 1. The molecule has 0 N–H and O–H groups in total. The zero-order valence-corrected chi connectivity index (χ0v) is 7.98. The van der Waals surface area contributed by atoms with Gasteiger partial charge in [0.1, 0.15) is 5.78 Å². The molecule has 0 bridgehead atoms. The van der Waals surface area contributed by atoms with Crippen LogP contribution in [0.15, 0.2) is 12.2 Å². The summed E-state index contributed by atoms with van der Waals surface area (Å²) in [6.45, 7) is 7.89. The Balaban J connectivity index is 4.09. The minimum atomic E-state index is -0.165. The third-order valence-corrected chi connectivity index (χ3v) is 1.94. The summed E-state index contributed by atoms with van der Waals surface area (Å²) in [7, 11) is 0. The third-order valence-electron chi connectivity index (χ3n) is 1.94. The van der Waals surface area contributed by atoms with Crippen LogP contribution in [0.25, 0.3) is 0 Å². The second-order valence-corrected chi connectivity index (χ2v) is 3.43. The van der Waals surface area contributed by atoms with Crippen molar-refractivity contribution in [3.05, 3.63) is 12.2 Å². The fourth-order valence-corrected chi connectivity index (χ4v) is 1.00. The zero-order chi connectivity index (χ0) is 8.91. The molecule has 0 fully saturated rings. The van der Waals surface area contributed by atoms with Crippen LogP contribution < -0.4 is 0 Å². The summed E-state index contributed by atoms with van der Waals surface area (Å²) in [6, 6.07) is 0. The smallest absolute Gasteiger partial charge is 0.138 e. The van der Waals surface area contributed by atoms with E-state index in [4.69, 9.17) is 0 Å². The van der Waals surface area contributed by atoms with Crippen LogP contribution in [0, 0.1) is 5.41 Å². The quantitative estimate of drug-likeness (QED) is 0.569. The number of carbonyl (C=O) groups excluding carboxylic acids is 1. The minimum absolute atomic E-state index is 0.165. The van der Waals surface area contributed by atoms with Crippen molar-refractivity contribution in [2.75, 3.05) is 0 Å². The number of carbonyl (C=O) groups is 1. The van der Waals surface area contributed by atoms with Crippen molar-refractivity contribution in [2.45, 2.75) is 40.5 Å². The predicted molar refractivity (Wildman–Crippen MR) is 48.5 cm³/mol. The van der Waals surface area contributed by atoms with Crippen LogP contribution in [-0.4, -0.2) is 5.78 Å². The molecular weight excluding hydrogens is 136 g/mol. The first-order valence-electron chi connectivity index (χ1n) is 4.19. The topological polar surface area (TPSA) is 17.1 Å². The Morgan fingerprint density at radius 3 is 2.36 bits per heavy atom.